The van der Waals surface area contributed by atoms with E-state index in [-0.39, 0.29) is 18.3 Å². The number of carbonyl (C=O) groups is 1. The Morgan fingerprint density at radius 1 is 1.19 bits per heavy atom. The molecule has 1 N–H and O–H groups in total. The fourth-order valence-electron chi connectivity index (χ4n) is 2.98. The molecule has 0 saturated carbocycles. The molecule has 1 atom stereocenters. The summed E-state index contributed by atoms with van der Waals surface area (Å²) in [6.07, 6.45) is 3.45. The summed E-state index contributed by atoms with van der Waals surface area (Å²) in [4.78, 5) is 16.8. The molecule has 5 nitrogen and oxygen atoms in total. The van der Waals surface area contributed by atoms with Gasteiger partial charge in [-0.25, -0.2) is 9.37 Å². The van der Waals surface area contributed by atoms with Gasteiger partial charge in [0.15, 0.2) is 6.61 Å². The van der Waals surface area contributed by atoms with E-state index in [9.17, 15) is 9.18 Å². The van der Waals surface area contributed by atoms with Crippen LogP contribution in [0.4, 0.5) is 4.39 Å². The number of hydrogen-bond donors (Lipinski definition) is 1. The van der Waals surface area contributed by atoms with E-state index in [1.807, 2.05) is 43.7 Å². The number of halogens is 1. The molecule has 1 amide bonds. The molecule has 0 fully saturated rings. The molecule has 1 unspecified atom stereocenters. The lowest BCUT2D eigenvalue weighted by Crippen LogP contribution is -2.34. The first kappa shape index (κ1) is 18.6. The highest BCUT2D eigenvalue weighted by Gasteiger charge is 2.21. The summed E-state index contributed by atoms with van der Waals surface area (Å²) in [5.41, 5.74) is 2.88. The molecule has 2 aromatic carbocycles. The Hall–Kier alpha value is -3.15. The first-order valence-corrected chi connectivity index (χ1v) is 8.65. The highest BCUT2D eigenvalue weighted by Crippen LogP contribution is 2.21. The van der Waals surface area contributed by atoms with Gasteiger partial charge in [-0.05, 0) is 54.8 Å². The molecule has 3 aromatic rings. The topological polar surface area (TPSA) is 56.1 Å². The Labute approximate surface area is 157 Å². The lowest BCUT2D eigenvalue weighted by molar-refractivity contribution is -0.123. The second-order valence-electron chi connectivity index (χ2n) is 6.56. The van der Waals surface area contributed by atoms with Gasteiger partial charge in [0.25, 0.3) is 5.91 Å². The monoisotopic (exact) mass is 367 g/mol. The van der Waals surface area contributed by atoms with Crippen LogP contribution in [0.25, 0.3) is 0 Å². The number of rotatable bonds is 6. The predicted molar refractivity (Wildman–Crippen MR) is 101 cm³/mol. The number of nitrogens with one attached hydrogen (secondary N) is 1. The van der Waals surface area contributed by atoms with Crippen LogP contribution in [0.5, 0.6) is 5.75 Å². The SMILES string of the molecule is Cc1cc(C)cc(OCC(=O)NC(c2ccc(F)cc2)c2nccn2C)c1. The van der Waals surface area contributed by atoms with Crippen LogP contribution >= 0.6 is 0 Å². The van der Waals surface area contributed by atoms with Gasteiger partial charge in [0.2, 0.25) is 0 Å². The largest absolute Gasteiger partial charge is 0.484 e. The fraction of sp³-hybridized carbons (Fsp3) is 0.238. The van der Waals surface area contributed by atoms with E-state index < -0.39 is 6.04 Å². The van der Waals surface area contributed by atoms with E-state index in [1.54, 1.807) is 24.5 Å². The van der Waals surface area contributed by atoms with Gasteiger partial charge >= 0.3 is 0 Å². The molecule has 3 rings (SSSR count). The van der Waals surface area contributed by atoms with Crippen LogP contribution in [0.1, 0.15) is 28.6 Å². The Morgan fingerprint density at radius 3 is 2.44 bits per heavy atom. The highest BCUT2D eigenvalue weighted by molar-refractivity contribution is 5.78. The third-order valence-electron chi connectivity index (χ3n) is 4.19. The van der Waals surface area contributed by atoms with E-state index >= 15 is 0 Å². The molecule has 1 aromatic heterocycles. The van der Waals surface area contributed by atoms with Crippen molar-refractivity contribution in [1.82, 2.24) is 14.9 Å². The molecule has 1 heterocycles. The minimum Gasteiger partial charge on any atom is -0.484 e. The molecule has 0 aliphatic carbocycles. The number of benzene rings is 2. The zero-order chi connectivity index (χ0) is 19.4. The summed E-state index contributed by atoms with van der Waals surface area (Å²) >= 11 is 0. The second-order valence-corrected chi connectivity index (χ2v) is 6.56. The third-order valence-corrected chi connectivity index (χ3v) is 4.19. The smallest absolute Gasteiger partial charge is 0.258 e. The van der Waals surface area contributed by atoms with Crippen molar-refractivity contribution in [2.75, 3.05) is 6.61 Å². The highest BCUT2D eigenvalue weighted by atomic mass is 19.1. The van der Waals surface area contributed by atoms with Gasteiger partial charge in [0.1, 0.15) is 23.4 Å². The standard InChI is InChI=1S/C21H22FN3O2/c1-14-10-15(2)12-18(11-14)27-13-19(26)24-20(21-23-8-9-25(21)3)16-4-6-17(22)7-5-16/h4-12,20H,13H2,1-3H3,(H,24,26). The molecule has 0 spiro atoms. The number of ether oxygens (including phenoxy) is 1. The zero-order valence-corrected chi connectivity index (χ0v) is 15.6. The molecule has 0 radical (unpaired) electrons. The molecular weight excluding hydrogens is 345 g/mol. The van der Waals surface area contributed by atoms with Crippen LogP contribution in [-0.2, 0) is 11.8 Å². The number of aryl methyl sites for hydroxylation is 3. The Morgan fingerprint density at radius 2 is 1.85 bits per heavy atom. The maximum Gasteiger partial charge on any atom is 0.258 e. The molecule has 0 saturated heterocycles. The van der Waals surface area contributed by atoms with Gasteiger partial charge in [-0.1, -0.05) is 18.2 Å². The number of imidazole rings is 1. The fourth-order valence-corrected chi connectivity index (χ4v) is 2.98. The van der Waals surface area contributed by atoms with E-state index in [2.05, 4.69) is 10.3 Å². The minimum absolute atomic E-state index is 0.120. The first-order chi connectivity index (χ1) is 12.9. The van der Waals surface area contributed by atoms with E-state index in [0.717, 1.165) is 16.7 Å². The van der Waals surface area contributed by atoms with E-state index in [4.69, 9.17) is 4.74 Å². The first-order valence-electron chi connectivity index (χ1n) is 8.65. The van der Waals surface area contributed by atoms with Crippen molar-refractivity contribution in [3.05, 3.63) is 83.2 Å². The maximum atomic E-state index is 13.3. The van der Waals surface area contributed by atoms with Crippen LogP contribution in [0.15, 0.2) is 54.9 Å². The zero-order valence-electron chi connectivity index (χ0n) is 15.6. The van der Waals surface area contributed by atoms with Crippen LogP contribution < -0.4 is 10.1 Å². The molecule has 0 aliphatic heterocycles. The third kappa shape index (κ3) is 4.73. The summed E-state index contributed by atoms with van der Waals surface area (Å²) in [6, 6.07) is 11.3. The van der Waals surface area contributed by atoms with Crippen LogP contribution in [0.2, 0.25) is 0 Å². The van der Waals surface area contributed by atoms with E-state index in [1.165, 1.54) is 12.1 Å². The van der Waals surface area contributed by atoms with Crippen LogP contribution in [0.3, 0.4) is 0 Å². The molecule has 6 heteroatoms. The molecule has 140 valence electrons. The number of nitrogens with zero attached hydrogens (tertiary/aromatic N) is 2. The van der Waals surface area contributed by atoms with E-state index in [0.29, 0.717) is 11.6 Å². The Kier molecular flexibility index (Phi) is 5.54. The van der Waals surface area contributed by atoms with Gasteiger partial charge in [-0.15, -0.1) is 0 Å². The van der Waals surface area contributed by atoms with Gasteiger partial charge < -0.3 is 14.6 Å². The number of amides is 1. The van der Waals surface area contributed by atoms with Crippen molar-refractivity contribution >= 4 is 5.91 Å². The predicted octanol–water partition coefficient (Wildman–Crippen LogP) is 3.46. The van der Waals surface area contributed by atoms with Crippen molar-refractivity contribution < 1.29 is 13.9 Å². The summed E-state index contributed by atoms with van der Waals surface area (Å²) in [5.74, 6) is 0.688. The quantitative estimate of drug-likeness (QED) is 0.726. The Balaban J connectivity index is 1.74. The minimum atomic E-state index is -0.499. The summed E-state index contributed by atoms with van der Waals surface area (Å²) < 4.78 is 20.7. The van der Waals surface area contributed by atoms with Gasteiger partial charge in [-0.3, -0.25) is 4.79 Å². The van der Waals surface area contributed by atoms with Crippen LogP contribution in [0, 0.1) is 19.7 Å². The van der Waals surface area contributed by atoms with Crippen molar-refractivity contribution in [1.29, 1.82) is 0 Å². The average Bonchev–Trinajstić information content (AvgIpc) is 3.04. The van der Waals surface area contributed by atoms with Crippen molar-refractivity contribution in [2.24, 2.45) is 7.05 Å². The van der Waals surface area contributed by atoms with Crippen molar-refractivity contribution in [3.63, 3.8) is 0 Å². The molecule has 27 heavy (non-hydrogen) atoms. The second kappa shape index (κ2) is 8.03. The van der Waals surface area contributed by atoms with Crippen LogP contribution in [-0.4, -0.2) is 22.1 Å². The number of aromatic nitrogens is 2. The number of carbonyl (C=O) groups excluding carboxylic acids is 1. The van der Waals surface area contributed by atoms with Gasteiger partial charge in [0.05, 0.1) is 0 Å². The number of hydrogen-bond acceptors (Lipinski definition) is 3. The summed E-state index contributed by atoms with van der Waals surface area (Å²) in [5, 5.41) is 2.93. The summed E-state index contributed by atoms with van der Waals surface area (Å²) in [6.45, 7) is 3.84. The summed E-state index contributed by atoms with van der Waals surface area (Å²) in [7, 11) is 1.84. The lowest BCUT2D eigenvalue weighted by atomic mass is 10.1. The Bertz CT molecular complexity index is 915. The average molecular weight is 367 g/mol. The van der Waals surface area contributed by atoms with Crippen molar-refractivity contribution in [2.45, 2.75) is 19.9 Å². The molecular formula is C21H22FN3O2. The normalized spacial score (nSPS) is 11.9. The lowest BCUT2D eigenvalue weighted by Gasteiger charge is -2.19. The van der Waals surface area contributed by atoms with Gasteiger partial charge in [-0.2, -0.15) is 0 Å². The molecule has 0 bridgehead atoms. The van der Waals surface area contributed by atoms with Gasteiger partial charge in [0, 0.05) is 19.4 Å². The van der Waals surface area contributed by atoms with Crippen molar-refractivity contribution in [3.8, 4) is 5.75 Å². The maximum absolute atomic E-state index is 13.3. The molecule has 0 aliphatic rings.